The molecule has 0 aliphatic heterocycles. The lowest BCUT2D eigenvalue weighted by molar-refractivity contribution is 0.127. The van der Waals surface area contributed by atoms with Crippen LogP contribution >= 0.6 is 0 Å². The molecule has 0 amide bonds. The van der Waals surface area contributed by atoms with Gasteiger partial charge in [-0.1, -0.05) is 39.5 Å². The fraction of sp³-hybridized carbons (Fsp3) is 1.00. The van der Waals surface area contributed by atoms with E-state index in [-0.39, 0.29) is 6.10 Å². The molecule has 0 bridgehead atoms. The molecule has 1 N–H and O–H groups in total. The SMILES string of the molecule is CCC(C)C1CCCCC(O)C1. The van der Waals surface area contributed by atoms with Crippen LogP contribution in [0.3, 0.4) is 0 Å². The van der Waals surface area contributed by atoms with Gasteiger partial charge in [-0.2, -0.15) is 0 Å². The average Bonchev–Trinajstić information content (AvgIpc) is 2.28. The summed E-state index contributed by atoms with van der Waals surface area (Å²) in [5.74, 6) is 1.59. The van der Waals surface area contributed by atoms with Gasteiger partial charge in [-0.3, -0.25) is 0 Å². The summed E-state index contributed by atoms with van der Waals surface area (Å²) in [5.41, 5.74) is 0. The molecule has 0 radical (unpaired) electrons. The Labute approximate surface area is 76.2 Å². The van der Waals surface area contributed by atoms with Gasteiger partial charge in [0.15, 0.2) is 0 Å². The highest BCUT2D eigenvalue weighted by Crippen LogP contribution is 2.30. The second-order valence-corrected chi connectivity index (χ2v) is 4.32. The number of aliphatic hydroxyl groups excluding tert-OH is 1. The molecule has 12 heavy (non-hydrogen) atoms. The van der Waals surface area contributed by atoms with Gasteiger partial charge in [-0.05, 0) is 24.7 Å². The normalized spacial score (nSPS) is 34.2. The summed E-state index contributed by atoms with van der Waals surface area (Å²) in [6, 6.07) is 0. The summed E-state index contributed by atoms with van der Waals surface area (Å²) >= 11 is 0. The molecule has 3 unspecified atom stereocenters. The van der Waals surface area contributed by atoms with Crippen LogP contribution in [0, 0.1) is 11.8 Å². The lowest BCUT2D eigenvalue weighted by Gasteiger charge is -2.22. The molecule has 0 aromatic heterocycles. The van der Waals surface area contributed by atoms with Crippen molar-refractivity contribution in [1.29, 1.82) is 0 Å². The minimum atomic E-state index is -0.00787. The molecule has 0 spiro atoms. The number of rotatable bonds is 2. The van der Waals surface area contributed by atoms with Gasteiger partial charge < -0.3 is 5.11 Å². The summed E-state index contributed by atoms with van der Waals surface area (Å²) in [7, 11) is 0. The molecule has 1 nitrogen and oxygen atoms in total. The third-order valence-electron chi connectivity index (χ3n) is 3.39. The van der Waals surface area contributed by atoms with Gasteiger partial charge in [0.05, 0.1) is 6.10 Å². The summed E-state index contributed by atoms with van der Waals surface area (Å²) in [6.07, 6.45) is 7.23. The molecule has 1 rings (SSSR count). The van der Waals surface area contributed by atoms with Crippen LogP contribution in [0.1, 0.15) is 52.4 Å². The summed E-state index contributed by atoms with van der Waals surface area (Å²) < 4.78 is 0. The quantitative estimate of drug-likeness (QED) is 0.632. The van der Waals surface area contributed by atoms with Crippen LogP contribution in [0.25, 0.3) is 0 Å². The maximum atomic E-state index is 9.60. The van der Waals surface area contributed by atoms with Gasteiger partial charge in [0, 0.05) is 0 Å². The molecule has 3 atom stereocenters. The number of hydrogen-bond acceptors (Lipinski definition) is 1. The Bertz CT molecular complexity index is 122. The number of aliphatic hydroxyl groups is 1. The zero-order valence-electron chi connectivity index (χ0n) is 8.42. The van der Waals surface area contributed by atoms with Gasteiger partial charge in [0.25, 0.3) is 0 Å². The predicted molar refractivity (Wildman–Crippen MR) is 52.0 cm³/mol. The fourth-order valence-corrected chi connectivity index (χ4v) is 2.22. The van der Waals surface area contributed by atoms with Crippen molar-refractivity contribution in [2.24, 2.45) is 11.8 Å². The van der Waals surface area contributed by atoms with E-state index in [1.165, 1.54) is 25.7 Å². The second-order valence-electron chi connectivity index (χ2n) is 4.32. The van der Waals surface area contributed by atoms with Crippen LogP contribution in [-0.4, -0.2) is 11.2 Å². The third-order valence-corrected chi connectivity index (χ3v) is 3.39. The molecule has 1 heteroatoms. The van der Waals surface area contributed by atoms with Crippen LogP contribution in [0.5, 0.6) is 0 Å². The molecule has 1 fully saturated rings. The van der Waals surface area contributed by atoms with Gasteiger partial charge in [0.2, 0.25) is 0 Å². The Hall–Kier alpha value is -0.0400. The highest BCUT2D eigenvalue weighted by Gasteiger charge is 2.21. The zero-order valence-corrected chi connectivity index (χ0v) is 8.42. The topological polar surface area (TPSA) is 20.2 Å². The molecule has 1 aliphatic carbocycles. The first-order valence-corrected chi connectivity index (χ1v) is 5.42. The van der Waals surface area contributed by atoms with Crippen molar-refractivity contribution < 1.29 is 5.11 Å². The Kier molecular flexibility index (Phi) is 4.07. The molecule has 0 aromatic rings. The van der Waals surface area contributed by atoms with Gasteiger partial charge in [0.1, 0.15) is 0 Å². The number of hydrogen-bond donors (Lipinski definition) is 1. The van der Waals surface area contributed by atoms with E-state index in [2.05, 4.69) is 13.8 Å². The van der Waals surface area contributed by atoms with Crippen molar-refractivity contribution in [2.45, 2.75) is 58.5 Å². The van der Waals surface area contributed by atoms with Crippen LogP contribution < -0.4 is 0 Å². The standard InChI is InChI=1S/C11H22O/c1-3-9(2)10-6-4-5-7-11(12)8-10/h9-12H,3-8H2,1-2H3. The first-order valence-electron chi connectivity index (χ1n) is 5.42. The van der Waals surface area contributed by atoms with Crippen molar-refractivity contribution >= 4 is 0 Å². The van der Waals surface area contributed by atoms with E-state index in [1.54, 1.807) is 0 Å². The molecule has 72 valence electrons. The Morgan fingerprint density at radius 1 is 1.33 bits per heavy atom. The Balaban J connectivity index is 2.40. The maximum absolute atomic E-state index is 9.60. The molecular formula is C11H22O. The molecule has 1 aliphatic rings. The van der Waals surface area contributed by atoms with E-state index in [4.69, 9.17) is 0 Å². The van der Waals surface area contributed by atoms with Crippen molar-refractivity contribution in [3.8, 4) is 0 Å². The van der Waals surface area contributed by atoms with Crippen LogP contribution in [0.15, 0.2) is 0 Å². The lowest BCUT2D eigenvalue weighted by Crippen LogP contribution is -2.16. The van der Waals surface area contributed by atoms with Crippen molar-refractivity contribution in [3.63, 3.8) is 0 Å². The second kappa shape index (κ2) is 4.86. The van der Waals surface area contributed by atoms with Gasteiger partial charge >= 0.3 is 0 Å². The third kappa shape index (κ3) is 2.78. The first kappa shape index (κ1) is 10.0. The maximum Gasteiger partial charge on any atom is 0.0543 e. The fourth-order valence-electron chi connectivity index (χ4n) is 2.22. The Morgan fingerprint density at radius 3 is 2.67 bits per heavy atom. The van der Waals surface area contributed by atoms with E-state index in [9.17, 15) is 5.11 Å². The van der Waals surface area contributed by atoms with Crippen LogP contribution in [-0.2, 0) is 0 Å². The summed E-state index contributed by atoms with van der Waals surface area (Å²) in [6.45, 7) is 4.57. The molecular weight excluding hydrogens is 148 g/mol. The van der Waals surface area contributed by atoms with E-state index >= 15 is 0 Å². The Morgan fingerprint density at radius 2 is 2.00 bits per heavy atom. The van der Waals surface area contributed by atoms with E-state index < -0.39 is 0 Å². The van der Waals surface area contributed by atoms with Crippen molar-refractivity contribution in [1.82, 2.24) is 0 Å². The first-order chi connectivity index (χ1) is 5.74. The molecule has 0 saturated heterocycles. The van der Waals surface area contributed by atoms with E-state index in [0.717, 1.165) is 24.7 Å². The van der Waals surface area contributed by atoms with Crippen molar-refractivity contribution in [2.75, 3.05) is 0 Å². The summed E-state index contributed by atoms with van der Waals surface area (Å²) in [4.78, 5) is 0. The zero-order chi connectivity index (χ0) is 8.97. The van der Waals surface area contributed by atoms with Crippen molar-refractivity contribution in [3.05, 3.63) is 0 Å². The largest absolute Gasteiger partial charge is 0.393 e. The lowest BCUT2D eigenvalue weighted by atomic mass is 9.85. The molecule has 1 saturated carbocycles. The molecule has 0 heterocycles. The minimum absolute atomic E-state index is 0.00787. The van der Waals surface area contributed by atoms with Crippen LogP contribution in [0.2, 0.25) is 0 Å². The van der Waals surface area contributed by atoms with Gasteiger partial charge in [-0.15, -0.1) is 0 Å². The van der Waals surface area contributed by atoms with Gasteiger partial charge in [-0.25, -0.2) is 0 Å². The highest BCUT2D eigenvalue weighted by molar-refractivity contribution is 4.73. The summed E-state index contributed by atoms with van der Waals surface area (Å²) in [5, 5.41) is 9.60. The minimum Gasteiger partial charge on any atom is -0.393 e. The average molecular weight is 170 g/mol. The van der Waals surface area contributed by atoms with E-state index in [0.29, 0.717) is 0 Å². The van der Waals surface area contributed by atoms with E-state index in [1.807, 2.05) is 0 Å². The monoisotopic (exact) mass is 170 g/mol. The highest BCUT2D eigenvalue weighted by atomic mass is 16.3. The molecule has 0 aromatic carbocycles. The predicted octanol–water partition coefficient (Wildman–Crippen LogP) is 2.97. The van der Waals surface area contributed by atoms with Crippen LogP contribution in [0.4, 0.5) is 0 Å². The smallest absolute Gasteiger partial charge is 0.0543 e.